The Morgan fingerprint density at radius 3 is 1.67 bits per heavy atom. The Balaban J connectivity index is 1.13. The van der Waals surface area contributed by atoms with Gasteiger partial charge < -0.3 is 8.83 Å². The van der Waals surface area contributed by atoms with E-state index in [9.17, 15) is 0 Å². The third-order valence-electron chi connectivity index (χ3n) is 12.8. The van der Waals surface area contributed by atoms with Crippen LogP contribution in [-0.2, 0) is 0 Å². The summed E-state index contributed by atoms with van der Waals surface area (Å²) in [4.78, 5) is 16.2. The highest BCUT2D eigenvalue weighted by Gasteiger charge is 2.25. The second-order valence-corrected chi connectivity index (χ2v) is 16.3. The molecule has 63 heavy (non-hydrogen) atoms. The van der Waals surface area contributed by atoms with Gasteiger partial charge in [0.05, 0.1) is 11.0 Å². The van der Waals surface area contributed by atoms with Gasteiger partial charge in [0, 0.05) is 54.4 Å². The third-order valence-corrected chi connectivity index (χ3v) is 12.8. The van der Waals surface area contributed by atoms with Crippen molar-refractivity contribution in [2.24, 2.45) is 0 Å². The van der Waals surface area contributed by atoms with Gasteiger partial charge in [0.15, 0.2) is 11.6 Å². The van der Waals surface area contributed by atoms with E-state index in [2.05, 4.69) is 168 Å². The first-order valence-electron chi connectivity index (χ1n) is 21.2. The SMILES string of the molecule is c1ccc2cc(-c3nc(-c4ccc5c(c4)oc4ccccc45)nc(-n4c5c(-c6ccc7oc8ccccc8c7c6)cccc5c5c6ccccc6c6ccccc6c54)n3)ccc2c1. The van der Waals surface area contributed by atoms with Gasteiger partial charge >= 0.3 is 0 Å². The zero-order valence-corrected chi connectivity index (χ0v) is 33.6. The molecule has 0 amide bonds. The minimum atomic E-state index is 0.524. The maximum atomic E-state index is 6.42. The fourth-order valence-electron chi connectivity index (χ4n) is 9.97. The van der Waals surface area contributed by atoms with Crippen molar-refractivity contribution in [3.05, 3.63) is 194 Å². The number of furan rings is 2. The van der Waals surface area contributed by atoms with E-state index in [1.807, 2.05) is 30.3 Å². The van der Waals surface area contributed by atoms with Gasteiger partial charge in [0.1, 0.15) is 22.3 Å². The lowest BCUT2D eigenvalue weighted by Crippen LogP contribution is -2.07. The van der Waals surface area contributed by atoms with Gasteiger partial charge in [-0.05, 0) is 75.0 Å². The second kappa shape index (κ2) is 12.9. The van der Waals surface area contributed by atoms with E-state index in [4.69, 9.17) is 23.8 Å². The Labute approximate surface area is 358 Å². The highest BCUT2D eigenvalue weighted by atomic mass is 16.3. The molecule has 0 spiro atoms. The van der Waals surface area contributed by atoms with E-state index in [1.165, 1.54) is 10.8 Å². The summed E-state index contributed by atoms with van der Waals surface area (Å²) in [6.45, 7) is 0. The van der Waals surface area contributed by atoms with Crippen molar-refractivity contribution >= 4 is 98.0 Å². The Hall–Kier alpha value is -8.61. The molecule has 0 aliphatic carbocycles. The molecule has 0 bridgehead atoms. The fraction of sp³-hybridized carbons (Fsp3) is 0. The summed E-state index contributed by atoms with van der Waals surface area (Å²) >= 11 is 0. The summed E-state index contributed by atoms with van der Waals surface area (Å²) in [6.07, 6.45) is 0. The largest absolute Gasteiger partial charge is 0.456 e. The van der Waals surface area contributed by atoms with Crippen LogP contribution >= 0.6 is 0 Å². The maximum absolute atomic E-state index is 6.42. The van der Waals surface area contributed by atoms with Crippen LogP contribution in [0, 0.1) is 0 Å². The first-order valence-corrected chi connectivity index (χ1v) is 21.2. The molecule has 292 valence electrons. The molecule has 0 N–H and O–H groups in total. The highest BCUT2D eigenvalue weighted by Crippen LogP contribution is 2.46. The lowest BCUT2D eigenvalue weighted by molar-refractivity contribution is 0.668. The molecule has 4 heterocycles. The lowest BCUT2D eigenvalue weighted by atomic mass is 9.95. The Morgan fingerprint density at radius 2 is 0.873 bits per heavy atom. The van der Waals surface area contributed by atoms with E-state index in [0.717, 1.165) is 109 Å². The van der Waals surface area contributed by atoms with E-state index in [-0.39, 0.29) is 0 Å². The van der Waals surface area contributed by atoms with Crippen LogP contribution in [0.3, 0.4) is 0 Å². The van der Waals surface area contributed by atoms with Crippen LogP contribution in [-0.4, -0.2) is 19.5 Å². The smallest absolute Gasteiger partial charge is 0.238 e. The normalized spacial score (nSPS) is 12.1. The summed E-state index contributed by atoms with van der Waals surface area (Å²) in [7, 11) is 0. The summed E-state index contributed by atoms with van der Waals surface area (Å²) in [5, 5.41) is 13.4. The number of hydrogen-bond donors (Lipinski definition) is 0. The van der Waals surface area contributed by atoms with Gasteiger partial charge in [-0.3, -0.25) is 4.57 Å². The predicted octanol–water partition coefficient (Wildman–Crippen LogP) is 15.2. The molecule has 10 aromatic carbocycles. The van der Waals surface area contributed by atoms with Crippen LogP contribution in [0.15, 0.2) is 203 Å². The molecule has 14 rings (SSSR count). The first kappa shape index (κ1) is 34.1. The van der Waals surface area contributed by atoms with Gasteiger partial charge in [0.25, 0.3) is 0 Å². The van der Waals surface area contributed by atoms with Gasteiger partial charge in [0.2, 0.25) is 5.95 Å². The quantitative estimate of drug-likeness (QED) is 0.166. The van der Waals surface area contributed by atoms with Gasteiger partial charge in [-0.1, -0.05) is 152 Å². The van der Waals surface area contributed by atoms with E-state index < -0.39 is 0 Å². The molecule has 0 atom stereocenters. The molecule has 0 aliphatic rings. The van der Waals surface area contributed by atoms with Crippen molar-refractivity contribution in [1.29, 1.82) is 0 Å². The number of fused-ring (bicyclic) bond motifs is 15. The van der Waals surface area contributed by atoms with Crippen LogP contribution in [0.4, 0.5) is 0 Å². The van der Waals surface area contributed by atoms with E-state index >= 15 is 0 Å². The first-order chi connectivity index (χ1) is 31.2. The zero-order chi connectivity index (χ0) is 41.2. The van der Waals surface area contributed by atoms with Gasteiger partial charge in [-0.15, -0.1) is 0 Å². The highest BCUT2D eigenvalue weighted by molar-refractivity contribution is 6.33. The van der Waals surface area contributed by atoms with Crippen molar-refractivity contribution in [3.63, 3.8) is 0 Å². The van der Waals surface area contributed by atoms with E-state index in [1.54, 1.807) is 0 Å². The number of hydrogen-bond acceptors (Lipinski definition) is 5. The Kier molecular flexibility index (Phi) is 7.02. The molecule has 0 aliphatic heterocycles. The maximum Gasteiger partial charge on any atom is 0.238 e. The number of para-hydroxylation sites is 3. The van der Waals surface area contributed by atoms with Crippen LogP contribution in [0.2, 0.25) is 0 Å². The summed E-state index contributed by atoms with van der Waals surface area (Å²) in [5.74, 6) is 1.65. The van der Waals surface area contributed by atoms with E-state index in [0.29, 0.717) is 17.6 Å². The number of rotatable bonds is 4. The Morgan fingerprint density at radius 1 is 0.317 bits per heavy atom. The molecular weight excluding hydrogens is 773 g/mol. The van der Waals surface area contributed by atoms with Crippen LogP contribution in [0.25, 0.3) is 138 Å². The molecule has 0 saturated heterocycles. The number of benzene rings is 10. The second-order valence-electron chi connectivity index (χ2n) is 16.3. The summed E-state index contributed by atoms with van der Waals surface area (Å²) in [6, 6.07) is 68.1. The van der Waals surface area contributed by atoms with Crippen molar-refractivity contribution in [2.45, 2.75) is 0 Å². The Bertz CT molecular complexity index is 4230. The monoisotopic (exact) mass is 804 g/mol. The molecule has 14 aromatic rings. The van der Waals surface area contributed by atoms with Crippen molar-refractivity contribution in [1.82, 2.24) is 19.5 Å². The van der Waals surface area contributed by atoms with Crippen LogP contribution in [0.5, 0.6) is 0 Å². The molecule has 0 saturated carbocycles. The minimum Gasteiger partial charge on any atom is -0.456 e. The predicted molar refractivity (Wildman–Crippen MR) is 258 cm³/mol. The average molecular weight is 805 g/mol. The van der Waals surface area contributed by atoms with Crippen LogP contribution in [0.1, 0.15) is 0 Å². The average Bonchev–Trinajstić information content (AvgIpc) is 4.03. The summed E-state index contributed by atoms with van der Waals surface area (Å²) < 4.78 is 15.0. The fourth-order valence-corrected chi connectivity index (χ4v) is 9.97. The summed E-state index contributed by atoms with van der Waals surface area (Å²) in [5.41, 5.74) is 9.25. The topological polar surface area (TPSA) is 69.9 Å². The van der Waals surface area contributed by atoms with Gasteiger partial charge in [-0.25, -0.2) is 4.98 Å². The van der Waals surface area contributed by atoms with Crippen molar-refractivity contribution < 1.29 is 8.83 Å². The molecule has 6 heteroatoms. The molecule has 0 fully saturated rings. The van der Waals surface area contributed by atoms with Crippen LogP contribution < -0.4 is 0 Å². The lowest BCUT2D eigenvalue weighted by Gasteiger charge is -2.14. The molecule has 0 unspecified atom stereocenters. The van der Waals surface area contributed by atoms with Crippen molar-refractivity contribution in [3.8, 4) is 39.9 Å². The molecule has 0 radical (unpaired) electrons. The van der Waals surface area contributed by atoms with Gasteiger partial charge in [-0.2, -0.15) is 9.97 Å². The zero-order valence-electron chi connectivity index (χ0n) is 33.6. The van der Waals surface area contributed by atoms with Crippen molar-refractivity contribution in [2.75, 3.05) is 0 Å². The minimum absolute atomic E-state index is 0.524. The molecular formula is C57H32N4O2. The third kappa shape index (κ3) is 5.03. The number of aromatic nitrogens is 4. The number of nitrogens with zero attached hydrogens (tertiary/aromatic N) is 4. The molecule has 6 nitrogen and oxygen atoms in total. The molecule has 4 aromatic heterocycles. The standard InChI is InChI=1S/C57H32N4O2/c1-2-13-34-30-36(25-24-33(34)12-1)55-58-56(37-26-28-43-41-16-7-9-22-48(41)63-51(43)32-37)60-57(59-55)61-53-38(35-27-29-50-47(31-35)42-17-8-10-23-49(42)62-50)20-11-21-46(53)52-44-18-5-3-14-39(44)40-15-4-6-19-45(40)54(52)61/h1-32H.